The van der Waals surface area contributed by atoms with E-state index in [-0.39, 0.29) is 0 Å². The minimum atomic E-state index is -3.87. The molecule has 9 heteroatoms. The quantitative estimate of drug-likeness (QED) is 0.620. The highest BCUT2D eigenvalue weighted by atomic mass is 32.3. The third kappa shape index (κ3) is 33.3. The Morgan fingerprint density at radius 2 is 1.08 bits per heavy atom. The van der Waals surface area contributed by atoms with E-state index in [9.17, 15) is 21.0 Å². The van der Waals surface area contributed by atoms with Crippen LogP contribution in [0.3, 0.4) is 0 Å². The van der Waals surface area contributed by atoms with Crippen LogP contribution in [0.25, 0.3) is 0 Å². The van der Waals surface area contributed by atoms with Crippen LogP contribution in [0.15, 0.2) is 0 Å². The topological polar surface area (TPSA) is 94.6 Å². The Morgan fingerprint density at radius 3 is 1.08 bits per heavy atom. The molecule has 0 amide bonds. The fourth-order valence-electron chi connectivity index (χ4n) is 0.225. The van der Waals surface area contributed by atoms with E-state index in [1.165, 1.54) is 0 Å². The molecular weight excluding hydrogens is 240 g/mol. The van der Waals surface area contributed by atoms with Gasteiger partial charge in [0.05, 0.1) is 12.5 Å². The number of hydrogen-bond donors (Lipinski definition) is 0. The molecule has 0 atom stereocenters. The summed E-state index contributed by atoms with van der Waals surface area (Å²) in [5.74, 6) is 0. The van der Waals surface area contributed by atoms with Crippen LogP contribution in [0.1, 0.15) is 0 Å². The fourth-order valence-corrected chi connectivity index (χ4v) is 2.02. The van der Waals surface area contributed by atoms with Crippen molar-refractivity contribution < 1.29 is 24.7 Å². The predicted molar refractivity (Wildman–Crippen MR) is 50.8 cm³/mol. The van der Waals surface area contributed by atoms with E-state index in [0.717, 1.165) is 0 Å². The normalized spacial score (nSPS) is 12.1. The zero-order valence-corrected chi connectivity index (χ0v) is 10.1. The Morgan fingerprint density at radius 1 is 0.923 bits per heavy atom. The lowest BCUT2D eigenvalue weighted by Crippen LogP contribution is -2.09. The second-order valence-corrected chi connectivity index (χ2v) is 7.06. The molecule has 6 nitrogen and oxygen atoms in total. The summed E-state index contributed by atoms with van der Waals surface area (Å²) < 4.78 is 53.3. The highest BCUT2D eigenvalue weighted by Crippen LogP contribution is 1.92. The van der Waals surface area contributed by atoms with Crippen molar-refractivity contribution in [1.82, 2.24) is 0 Å². The van der Waals surface area contributed by atoms with E-state index in [1.54, 1.807) is 12.5 Å². The van der Waals surface area contributed by atoms with Crippen LogP contribution in [0.2, 0.25) is 0 Å². The summed E-state index contributed by atoms with van der Waals surface area (Å²) in [4.78, 5) is 0. The van der Waals surface area contributed by atoms with E-state index in [1.807, 2.05) is 0 Å². The van der Waals surface area contributed by atoms with Gasteiger partial charge in [-0.3, -0.25) is 4.21 Å². The van der Waals surface area contributed by atoms with Crippen molar-refractivity contribution in [3.05, 3.63) is 0 Å². The molecule has 0 spiro atoms. The van der Waals surface area contributed by atoms with Crippen LogP contribution < -0.4 is 0 Å². The van der Waals surface area contributed by atoms with Crippen molar-refractivity contribution >= 4 is 31.0 Å². The molecular formula is C4H12O6S3. The molecule has 0 unspecified atom stereocenters. The third-order valence-corrected chi connectivity index (χ3v) is 2.22. The Kier molecular flexibility index (Phi) is 6.76. The number of hydrogen-bond acceptors (Lipinski definition) is 6. The zero-order valence-electron chi connectivity index (χ0n) is 7.67. The monoisotopic (exact) mass is 252 g/mol. The van der Waals surface area contributed by atoms with Gasteiger partial charge in [-0.15, -0.1) is 3.63 Å². The van der Waals surface area contributed by atoms with E-state index in [2.05, 4.69) is 3.63 Å². The van der Waals surface area contributed by atoms with Gasteiger partial charge in [0.1, 0.15) is 0 Å². The van der Waals surface area contributed by atoms with Crippen LogP contribution in [0, 0.1) is 0 Å². The molecule has 0 aliphatic rings. The van der Waals surface area contributed by atoms with Gasteiger partial charge in [-0.1, -0.05) is 0 Å². The molecule has 0 aromatic rings. The lowest BCUT2D eigenvalue weighted by Gasteiger charge is -1.92. The van der Waals surface area contributed by atoms with E-state index >= 15 is 0 Å². The van der Waals surface area contributed by atoms with Gasteiger partial charge in [0.2, 0.25) is 0 Å². The summed E-state index contributed by atoms with van der Waals surface area (Å²) in [5.41, 5.74) is 0. The standard InChI is InChI=1S/C2H6O5S2.C2H6OS/c1-8(3,4)7-9(2,5)6;1-4(2)3/h1-2H3;1-2H3. The lowest BCUT2D eigenvalue weighted by atomic mass is 11.9. The molecule has 0 saturated carbocycles. The van der Waals surface area contributed by atoms with Gasteiger partial charge in [0.15, 0.2) is 0 Å². The van der Waals surface area contributed by atoms with Crippen LogP contribution >= 0.6 is 0 Å². The van der Waals surface area contributed by atoms with Gasteiger partial charge in [-0.05, 0) is 0 Å². The first-order chi connectivity index (χ1) is 5.44. The van der Waals surface area contributed by atoms with Gasteiger partial charge >= 0.3 is 0 Å². The van der Waals surface area contributed by atoms with Crippen LogP contribution in [-0.2, 0) is 34.7 Å². The SMILES string of the molecule is CS(=O)(=O)OS(C)(=O)=O.CS(C)=O. The molecule has 0 heterocycles. The van der Waals surface area contributed by atoms with Gasteiger partial charge in [-0.2, -0.15) is 16.8 Å². The molecule has 0 fully saturated rings. The predicted octanol–water partition coefficient (Wildman–Crippen LogP) is -1.08. The molecule has 0 rings (SSSR count). The van der Waals surface area contributed by atoms with Crippen molar-refractivity contribution in [2.75, 3.05) is 25.0 Å². The molecule has 0 aliphatic heterocycles. The smallest absolute Gasteiger partial charge is 0.260 e. The molecule has 0 bridgehead atoms. The van der Waals surface area contributed by atoms with Gasteiger partial charge in [-0.25, -0.2) is 0 Å². The van der Waals surface area contributed by atoms with E-state index < -0.39 is 31.0 Å². The Hall–Kier alpha value is 0.01000. The first-order valence-electron chi connectivity index (χ1n) is 2.80. The largest absolute Gasteiger partial charge is 0.278 e. The third-order valence-electron chi connectivity index (χ3n) is 0.247. The Balaban J connectivity index is 0. The minimum absolute atomic E-state index is 0.611. The van der Waals surface area contributed by atoms with Crippen LogP contribution in [0.4, 0.5) is 0 Å². The van der Waals surface area contributed by atoms with E-state index in [4.69, 9.17) is 0 Å². The summed E-state index contributed by atoms with van der Waals surface area (Å²) in [5, 5.41) is 0. The molecule has 0 saturated heterocycles. The van der Waals surface area contributed by atoms with Crippen molar-refractivity contribution in [3.8, 4) is 0 Å². The highest BCUT2D eigenvalue weighted by molar-refractivity contribution is 7.99. The highest BCUT2D eigenvalue weighted by Gasteiger charge is 2.10. The van der Waals surface area contributed by atoms with Crippen molar-refractivity contribution in [1.29, 1.82) is 0 Å². The van der Waals surface area contributed by atoms with Gasteiger partial charge < -0.3 is 0 Å². The Bertz CT molecular complexity index is 315. The summed E-state index contributed by atoms with van der Waals surface area (Å²) in [7, 11) is -8.35. The maximum atomic E-state index is 10.0. The van der Waals surface area contributed by atoms with Crippen molar-refractivity contribution in [2.45, 2.75) is 0 Å². The van der Waals surface area contributed by atoms with Crippen molar-refractivity contribution in [2.24, 2.45) is 0 Å². The molecule has 0 aromatic carbocycles. The summed E-state index contributed by atoms with van der Waals surface area (Å²) in [6, 6.07) is 0. The molecule has 0 aliphatic carbocycles. The maximum absolute atomic E-state index is 10.0. The lowest BCUT2D eigenvalue weighted by molar-refractivity contribution is 0.471. The van der Waals surface area contributed by atoms with Crippen LogP contribution in [0.5, 0.6) is 0 Å². The maximum Gasteiger partial charge on any atom is 0.278 e. The van der Waals surface area contributed by atoms with Crippen molar-refractivity contribution in [3.63, 3.8) is 0 Å². The summed E-state index contributed by atoms with van der Waals surface area (Å²) in [6.45, 7) is 0. The van der Waals surface area contributed by atoms with Gasteiger partial charge in [0.25, 0.3) is 20.2 Å². The fraction of sp³-hybridized carbons (Fsp3) is 1.00. The molecule has 0 aromatic heterocycles. The second-order valence-electron chi connectivity index (χ2n) is 2.22. The summed E-state index contributed by atoms with van der Waals surface area (Å²) in [6.07, 6.45) is 4.60. The molecule has 82 valence electrons. The van der Waals surface area contributed by atoms with Crippen LogP contribution in [-0.4, -0.2) is 46.1 Å². The molecule has 13 heavy (non-hydrogen) atoms. The van der Waals surface area contributed by atoms with E-state index in [0.29, 0.717) is 12.5 Å². The minimum Gasteiger partial charge on any atom is -0.260 e. The Labute approximate surface area is 81.0 Å². The molecule has 0 radical (unpaired) electrons. The molecule has 0 N–H and O–H groups in total. The number of rotatable bonds is 2. The first-order valence-corrected chi connectivity index (χ1v) is 8.40. The average Bonchev–Trinajstić information content (AvgIpc) is 1.47. The average molecular weight is 252 g/mol. The summed E-state index contributed by atoms with van der Waals surface area (Å²) >= 11 is 0. The first kappa shape index (κ1) is 15.5. The zero-order chi connectivity index (χ0) is 11.3. The van der Waals surface area contributed by atoms with Gasteiger partial charge in [0, 0.05) is 23.3 Å². The second kappa shape index (κ2) is 5.68.